The first-order valence-electron chi connectivity index (χ1n) is 5.30. The maximum absolute atomic E-state index is 9.39. The van der Waals surface area contributed by atoms with Crippen molar-refractivity contribution in [1.29, 1.82) is 0 Å². The molecule has 0 bridgehead atoms. The van der Waals surface area contributed by atoms with E-state index in [2.05, 4.69) is 21.5 Å². The highest BCUT2D eigenvalue weighted by Gasteiger charge is 1.99. The average molecular weight is 246 g/mol. The van der Waals surface area contributed by atoms with Gasteiger partial charge in [0.25, 0.3) is 0 Å². The number of aryl methyl sites for hydroxylation is 1. The van der Waals surface area contributed by atoms with Crippen LogP contribution in [-0.2, 0) is 6.54 Å². The zero-order valence-electron chi connectivity index (χ0n) is 9.63. The summed E-state index contributed by atoms with van der Waals surface area (Å²) in [6, 6.07) is 6.93. The van der Waals surface area contributed by atoms with Gasteiger partial charge < -0.3 is 9.67 Å². The lowest BCUT2D eigenvalue weighted by Gasteiger charge is -2.01. The number of allylic oxidation sites excluding steroid dienone is 1. The summed E-state index contributed by atoms with van der Waals surface area (Å²) < 4.78 is 2.09. The molecule has 17 heavy (non-hydrogen) atoms. The molecule has 0 aliphatic carbocycles. The number of hydrogen-bond acceptors (Lipinski definition) is 3. The lowest BCUT2D eigenvalue weighted by molar-refractivity contribution is 0.475. The van der Waals surface area contributed by atoms with Gasteiger partial charge in [0.1, 0.15) is 5.75 Å². The van der Waals surface area contributed by atoms with Gasteiger partial charge in [0.05, 0.1) is 5.69 Å². The Morgan fingerprint density at radius 1 is 1.53 bits per heavy atom. The van der Waals surface area contributed by atoms with Crippen LogP contribution in [-0.4, -0.2) is 9.67 Å². The normalized spacial score (nSPS) is 11.7. The molecule has 0 saturated heterocycles. The van der Waals surface area contributed by atoms with E-state index in [1.54, 1.807) is 29.5 Å². The molecule has 0 atom stereocenters. The van der Waals surface area contributed by atoms with Crippen molar-refractivity contribution in [3.8, 4) is 5.75 Å². The van der Waals surface area contributed by atoms with E-state index in [4.69, 9.17) is 0 Å². The van der Waals surface area contributed by atoms with Gasteiger partial charge in [-0.2, -0.15) is 0 Å². The third-order valence-electron chi connectivity index (χ3n) is 2.36. The largest absolute Gasteiger partial charge is 0.508 e. The van der Waals surface area contributed by atoms with E-state index in [0.29, 0.717) is 0 Å². The van der Waals surface area contributed by atoms with Gasteiger partial charge in [0, 0.05) is 23.7 Å². The Hall–Kier alpha value is -1.81. The fourth-order valence-electron chi connectivity index (χ4n) is 1.53. The van der Waals surface area contributed by atoms with Crippen molar-refractivity contribution in [2.75, 3.05) is 0 Å². The third kappa shape index (κ3) is 2.65. The SMILES string of the molecule is C=CCn1c(C)csc1=Nc1cccc(O)c1. The fourth-order valence-corrected chi connectivity index (χ4v) is 2.43. The van der Waals surface area contributed by atoms with Crippen molar-refractivity contribution in [2.24, 2.45) is 4.99 Å². The standard InChI is InChI=1S/C13H14N2OS/c1-3-7-15-10(2)9-17-13(15)14-11-5-4-6-12(16)8-11/h3-6,8-9,16H,1,7H2,2H3. The minimum Gasteiger partial charge on any atom is -0.508 e. The second-order valence-electron chi connectivity index (χ2n) is 3.69. The number of nitrogens with zero attached hydrogens (tertiary/aromatic N) is 2. The van der Waals surface area contributed by atoms with Crippen LogP contribution >= 0.6 is 11.3 Å². The molecule has 0 fully saturated rings. The number of aromatic nitrogens is 1. The number of aromatic hydroxyl groups is 1. The second kappa shape index (κ2) is 5.01. The Kier molecular flexibility index (Phi) is 3.44. The lowest BCUT2D eigenvalue weighted by atomic mass is 10.3. The van der Waals surface area contributed by atoms with Crippen LogP contribution < -0.4 is 4.80 Å². The van der Waals surface area contributed by atoms with E-state index in [9.17, 15) is 5.11 Å². The van der Waals surface area contributed by atoms with Crippen LogP contribution in [0.4, 0.5) is 5.69 Å². The van der Waals surface area contributed by atoms with Gasteiger partial charge in [-0.15, -0.1) is 17.9 Å². The van der Waals surface area contributed by atoms with Gasteiger partial charge in [-0.05, 0) is 19.1 Å². The Labute approximate surface area is 104 Å². The molecule has 3 nitrogen and oxygen atoms in total. The van der Waals surface area contributed by atoms with Crippen LogP contribution in [0.1, 0.15) is 5.69 Å². The van der Waals surface area contributed by atoms with E-state index in [1.165, 1.54) is 0 Å². The second-order valence-corrected chi connectivity index (χ2v) is 4.53. The Balaban J connectivity index is 2.49. The number of benzene rings is 1. The number of thiazole rings is 1. The van der Waals surface area contributed by atoms with Crippen LogP contribution in [0.15, 0.2) is 47.3 Å². The van der Waals surface area contributed by atoms with Crippen LogP contribution in [0.3, 0.4) is 0 Å². The van der Waals surface area contributed by atoms with Gasteiger partial charge in [0.15, 0.2) is 4.80 Å². The molecule has 1 N–H and O–H groups in total. The van der Waals surface area contributed by atoms with Gasteiger partial charge in [-0.25, -0.2) is 4.99 Å². The summed E-state index contributed by atoms with van der Waals surface area (Å²) in [5.74, 6) is 0.231. The fraction of sp³-hybridized carbons (Fsp3) is 0.154. The van der Waals surface area contributed by atoms with Gasteiger partial charge >= 0.3 is 0 Å². The first-order chi connectivity index (χ1) is 8.20. The van der Waals surface area contributed by atoms with E-state index < -0.39 is 0 Å². The number of rotatable bonds is 3. The van der Waals surface area contributed by atoms with Crippen molar-refractivity contribution < 1.29 is 5.11 Å². The Morgan fingerprint density at radius 2 is 2.35 bits per heavy atom. The summed E-state index contributed by atoms with van der Waals surface area (Å²) >= 11 is 1.58. The molecule has 2 rings (SSSR count). The molecule has 4 heteroatoms. The van der Waals surface area contributed by atoms with E-state index in [1.807, 2.05) is 19.1 Å². The van der Waals surface area contributed by atoms with Gasteiger partial charge in [-0.1, -0.05) is 12.1 Å². The highest BCUT2D eigenvalue weighted by atomic mass is 32.1. The number of hydrogen-bond donors (Lipinski definition) is 1. The molecule has 0 radical (unpaired) electrons. The molecule has 1 heterocycles. The van der Waals surface area contributed by atoms with Crippen molar-refractivity contribution >= 4 is 17.0 Å². The van der Waals surface area contributed by atoms with Gasteiger partial charge in [-0.3, -0.25) is 0 Å². The highest BCUT2D eigenvalue weighted by molar-refractivity contribution is 7.07. The number of phenolic OH excluding ortho intramolecular Hbond substituents is 1. The van der Waals surface area contributed by atoms with Crippen LogP contribution in [0, 0.1) is 6.92 Å². The maximum Gasteiger partial charge on any atom is 0.190 e. The molecule has 88 valence electrons. The summed E-state index contributed by atoms with van der Waals surface area (Å²) in [6.45, 7) is 6.53. The monoisotopic (exact) mass is 246 g/mol. The van der Waals surface area contributed by atoms with Crippen LogP contribution in [0.25, 0.3) is 0 Å². The Morgan fingerprint density at radius 3 is 3.06 bits per heavy atom. The molecule has 0 unspecified atom stereocenters. The lowest BCUT2D eigenvalue weighted by Crippen LogP contribution is -2.14. The molecular weight excluding hydrogens is 232 g/mol. The van der Waals surface area contributed by atoms with E-state index in [0.717, 1.165) is 22.7 Å². The quantitative estimate of drug-likeness (QED) is 0.831. The first-order valence-corrected chi connectivity index (χ1v) is 6.18. The minimum absolute atomic E-state index is 0.231. The van der Waals surface area contributed by atoms with Crippen molar-refractivity contribution in [3.63, 3.8) is 0 Å². The van der Waals surface area contributed by atoms with Crippen molar-refractivity contribution in [3.05, 3.63) is 52.8 Å². The van der Waals surface area contributed by atoms with Crippen molar-refractivity contribution in [2.45, 2.75) is 13.5 Å². The summed E-state index contributed by atoms with van der Waals surface area (Å²) in [6.07, 6.45) is 1.85. The maximum atomic E-state index is 9.39. The molecule has 0 aliphatic rings. The summed E-state index contributed by atoms with van der Waals surface area (Å²) in [5.41, 5.74) is 1.92. The molecule has 1 aromatic carbocycles. The third-order valence-corrected chi connectivity index (χ3v) is 3.34. The summed E-state index contributed by atoms with van der Waals surface area (Å²) in [5, 5.41) is 11.5. The van der Waals surface area contributed by atoms with Crippen LogP contribution in [0.2, 0.25) is 0 Å². The summed E-state index contributed by atoms with van der Waals surface area (Å²) in [7, 11) is 0. The predicted octanol–water partition coefficient (Wildman–Crippen LogP) is 2.98. The first kappa shape index (κ1) is 11.7. The average Bonchev–Trinajstić information content (AvgIpc) is 2.62. The predicted molar refractivity (Wildman–Crippen MR) is 70.6 cm³/mol. The van der Waals surface area contributed by atoms with Gasteiger partial charge in [0.2, 0.25) is 0 Å². The van der Waals surface area contributed by atoms with E-state index in [-0.39, 0.29) is 5.75 Å². The zero-order chi connectivity index (χ0) is 12.3. The molecule has 0 spiro atoms. The van der Waals surface area contributed by atoms with Crippen molar-refractivity contribution in [1.82, 2.24) is 4.57 Å². The van der Waals surface area contributed by atoms with E-state index >= 15 is 0 Å². The van der Waals surface area contributed by atoms with Crippen LogP contribution in [0.5, 0.6) is 5.75 Å². The molecule has 0 amide bonds. The summed E-state index contributed by atoms with van der Waals surface area (Å²) in [4.78, 5) is 5.43. The molecule has 1 aromatic heterocycles. The Bertz CT molecular complexity index is 595. The molecule has 2 aromatic rings. The number of phenols is 1. The smallest absolute Gasteiger partial charge is 0.190 e. The molecular formula is C13H14N2OS. The molecule has 0 aliphatic heterocycles. The highest BCUT2D eigenvalue weighted by Crippen LogP contribution is 2.17. The zero-order valence-corrected chi connectivity index (χ0v) is 10.4. The minimum atomic E-state index is 0.231. The topological polar surface area (TPSA) is 37.5 Å². The molecule has 0 saturated carbocycles.